The Bertz CT molecular complexity index is 1230. The number of fused-ring (bicyclic) bond motifs is 1. The third kappa shape index (κ3) is 6.61. The molecule has 1 atom stereocenters. The molecule has 0 spiro atoms. The number of halogens is 1. The van der Waals surface area contributed by atoms with E-state index in [1.165, 1.54) is 18.3 Å². The van der Waals surface area contributed by atoms with Gasteiger partial charge in [-0.1, -0.05) is 0 Å². The molecule has 14 heteroatoms. The fourth-order valence-corrected chi connectivity index (χ4v) is 2.75. The van der Waals surface area contributed by atoms with Gasteiger partial charge in [0.1, 0.15) is 6.04 Å². The summed E-state index contributed by atoms with van der Waals surface area (Å²) in [5.74, 6) is -3.16. The summed E-state index contributed by atoms with van der Waals surface area (Å²) in [5.41, 5.74) is 6.47. The second kappa shape index (κ2) is 10.9. The number of carboxylic acid groups (broad SMARTS) is 2. The number of nitrogens with two attached hydrogens (primary N) is 1. The number of hydrogen-bond donors (Lipinski definition) is 6. The van der Waals surface area contributed by atoms with Crippen molar-refractivity contribution in [1.82, 2.24) is 25.3 Å². The van der Waals surface area contributed by atoms with E-state index in [-0.39, 0.29) is 54.5 Å². The number of H-pyrrole nitrogens is 1. The van der Waals surface area contributed by atoms with Gasteiger partial charge in [0, 0.05) is 17.7 Å². The van der Waals surface area contributed by atoms with Crippen molar-refractivity contribution >= 4 is 53.1 Å². The maximum absolute atomic E-state index is 12.3. The average molecular weight is 478 g/mol. The zero-order valence-electron chi connectivity index (χ0n) is 16.9. The maximum Gasteiger partial charge on any atom is 0.326 e. The van der Waals surface area contributed by atoms with Crippen LogP contribution in [0.5, 0.6) is 0 Å². The van der Waals surface area contributed by atoms with Crippen LogP contribution in [0.4, 0.5) is 11.6 Å². The van der Waals surface area contributed by atoms with E-state index in [0.29, 0.717) is 11.4 Å². The van der Waals surface area contributed by atoms with Crippen LogP contribution in [-0.4, -0.2) is 54.0 Å². The van der Waals surface area contributed by atoms with Gasteiger partial charge in [0.25, 0.3) is 11.5 Å². The summed E-state index contributed by atoms with van der Waals surface area (Å²) in [6.07, 6.45) is 0.840. The Balaban J connectivity index is 0.00000385. The Morgan fingerprint density at radius 1 is 1.12 bits per heavy atom. The van der Waals surface area contributed by atoms with Crippen LogP contribution in [0.15, 0.2) is 35.3 Å². The summed E-state index contributed by atoms with van der Waals surface area (Å²) >= 11 is 0. The highest BCUT2D eigenvalue weighted by atomic mass is 35.5. The molecule has 174 valence electrons. The second-order valence-corrected chi connectivity index (χ2v) is 6.71. The molecule has 3 rings (SSSR count). The van der Waals surface area contributed by atoms with E-state index in [9.17, 15) is 19.2 Å². The molecule has 1 aromatic carbocycles. The van der Waals surface area contributed by atoms with E-state index in [2.05, 4.69) is 30.6 Å². The lowest BCUT2D eigenvalue weighted by atomic mass is 10.1. The first-order valence-corrected chi connectivity index (χ1v) is 9.33. The summed E-state index contributed by atoms with van der Waals surface area (Å²) < 4.78 is 0. The molecule has 33 heavy (non-hydrogen) atoms. The minimum Gasteiger partial charge on any atom is -0.481 e. The molecule has 0 aliphatic heterocycles. The van der Waals surface area contributed by atoms with Crippen molar-refractivity contribution in [3.63, 3.8) is 0 Å². The number of rotatable bonds is 9. The standard InChI is InChI=1S/C19H19N7O6.ClH/c20-19-25-15-14(17(30)26-19)23-11(8-22-15)7-21-10-3-1-9(2-4-10)16(29)24-12(18(31)32)5-6-13(27)28;/h1-4,8,12,21H,5-7H2,(H,24,29)(H,27,28)(H,31,32)(H3,20,22,25,26,30);1H. The van der Waals surface area contributed by atoms with Crippen LogP contribution < -0.4 is 21.9 Å². The van der Waals surface area contributed by atoms with E-state index < -0.39 is 29.4 Å². The third-order valence-electron chi connectivity index (χ3n) is 4.36. The number of carbonyl (C=O) groups is 3. The number of nitrogens with zero attached hydrogens (tertiary/aromatic N) is 3. The summed E-state index contributed by atoms with van der Waals surface area (Å²) in [5, 5.41) is 23.2. The van der Waals surface area contributed by atoms with Crippen molar-refractivity contribution in [2.24, 2.45) is 0 Å². The molecule has 0 aliphatic rings. The largest absolute Gasteiger partial charge is 0.481 e. The molecule has 13 nitrogen and oxygen atoms in total. The van der Waals surface area contributed by atoms with Crippen molar-refractivity contribution in [2.75, 3.05) is 11.1 Å². The molecule has 0 saturated carbocycles. The molecule has 7 N–H and O–H groups in total. The van der Waals surface area contributed by atoms with E-state index in [1.54, 1.807) is 12.1 Å². The summed E-state index contributed by atoms with van der Waals surface area (Å²) in [7, 11) is 0. The molecular formula is C19H20ClN7O6. The van der Waals surface area contributed by atoms with Gasteiger partial charge in [0.2, 0.25) is 5.95 Å². The van der Waals surface area contributed by atoms with Crippen LogP contribution >= 0.6 is 12.4 Å². The number of aliphatic carboxylic acids is 2. The normalized spacial score (nSPS) is 11.3. The van der Waals surface area contributed by atoms with Gasteiger partial charge in [-0.2, -0.15) is 4.98 Å². The van der Waals surface area contributed by atoms with Gasteiger partial charge in [-0.3, -0.25) is 19.4 Å². The Kier molecular flexibility index (Phi) is 8.23. The molecular weight excluding hydrogens is 458 g/mol. The number of nitrogen functional groups attached to an aromatic ring is 1. The minimum absolute atomic E-state index is 0. The van der Waals surface area contributed by atoms with Crippen molar-refractivity contribution in [1.29, 1.82) is 0 Å². The van der Waals surface area contributed by atoms with Gasteiger partial charge < -0.3 is 26.6 Å². The zero-order chi connectivity index (χ0) is 23.3. The van der Waals surface area contributed by atoms with Gasteiger partial charge in [-0.05, 0) is 30.7 Å². The third-order valence-corrected chi connectivity index (χ3v) is 4.36. The number of aromatic amines is 1. The first-order valence-electron chi connectivity index (χ1n) is 9.33. The van der Waals surface area contributed by atoms with Crippen molar-refractivity contribution < 1.29 is 24.6 Å². The fourth-order valence-electron chi connectivity index (χ4n) is 2.75. The number of amides is 1. The van der Waals surface area contributed by atoms with E-state index in [4.69, 9.17) is 15.9 Å². The fraction of sp³-hybridized carbons (Fsp3) is 0.211. The van der Waals surface area contributed by atoms with Crippen LogP contribution in [0.2, 0.25) is 0 Å². The van der Waals surface area contributed by atoms with E-state index in [0.717, 1.165) is 0 Å². The van der Waals surface area contributed by atoms with Gasteiger partial charge in [0.15, 0.2) is 11.2 Å². The van der Waals surface area contributed by atoms with E-state index >= 15 is 0 Å². The first-order chi connectivity index (χ1) is 15.2. The predicted molar refractivity (Wildman–Crippen MR) is 119 cm³/mol. The SMILES string of the molecule is Cl.Nc1nc2ncc(CNc3ccc(C(=O)NC(CCC(=O)O)C(=O)O)cc3)nc2c(=O)[nH]1. The van der Waals surface area contributed by atoms with Crippen LogP contribution in [-0.2, 0) is 16.1 Å². The molecule has 2 aromatic heterocycles. The maximum atomic E-state index is 12.3. The van der Waals surface area contributed by atoms with E-state index in [1.807, 2.05) is 0 Å². The Morgan fingerprint density at radius 2 is 1.82 bits per heavy atom. The number of anilines is 2. The number of carboxylic acids is 2. The summed E-state index contributed by atoms with van der Waals surface area (Å²) in [4.78, 5) is 60.6. The summed E-state index contributed by atoms with van der Waals surface area (Å²) in [6.45, 7) is 0.231. The van der Waals surface area contributed by atoms with Crippen molar-refractivity contribution in [2.45, 2.75) is 25.4 Å². The van der Waals surface area contributed by atoms with Crippen LogP contribution in [0.25, 0.3) is 11.2 Å². The quantitative estimate of drug-likeness (QED) is 0.247. The highest BCUT2D eigenvalue weighted by molar-refractivity contribution is 5.96. The summed E-state index contributed by atoms with van der Waals surface area (Å²) in [6, 6.07) is 4.86. The molecule has 2 heterocycles. The molecule has 0 saturated heterocycles. The van der Waals surface area contributed by atoms with Gasteiger partial charge in [-0.15, -0.1) is 12.4 Å². The lowest BCUT2D eigenvalue weighted by Crippen LogP contribution is -2.41. The Morgan fingerprint density at radius 3 is 2.45 bits per heavy atom. The molecule has 3 aromatic rings. The molecule has 0 fully saturated rings. The number of nitrogens with one attached hydrogen (secondary N) is 3. The van der Waals surface area contributed by atoms with Gasteiger partial charge in [-0.25, -0.2) is 14.8 Å². The average Bonchev–Trinajstić information content (AvgIpc) is 2.75. The topological polar surface area (TPSA) is 213 Å². The first kappa shape index (κ1) is 25.0. The number of benzene rings is 1. The van der Waals surface area contributed by atoms with Gasteiger partial charge in [0.05, 0.1) is 18.4 Å². The molecule has 0 radical (unpaired) electrons. The molecule has 0 bridgehead atoms. The predicted octanol–water partition coefficient (Wildman–Crippen LogP) is 0.377. The highest BCUT2D eigenvalue weighted by Gasteiger charge is 2.21. The number of carbonyl (C=O) groups excluding carboxylic acids is 1. The lowest BCUT2D eigenvalue weighted by Gasteiger charge is -2.14. The number of hydrogen-bond acceptors (Lipinski definition) is 9. The lowest BCUT2D eigenvalue weighted by molar-refractivity contribution is -0.140. The zero-order valence-corrected chi connectivity index (χ0v) is 17.8. The van der Waals surface area contributed by atoms with Crippen LogP contribution in [0.1, 0.15) is 28.9 Å². The van der Waals surface area contributed by atoms with Gasteiger partial charge >= 0.3 is 11.9 Å². The highest BCUT2D eigenvalue weighted by Crippen LogP contribution is 2.12. The Labute approximate surface area is 191 Å². The molecule has 1 amide bonds. The van der Waals surface area contributed by atoms with Crippen molar-refractivity contribution in [3.8, 4) is 0 Å². The van der Waals surface area contributed by atoms with Crippen LogP contribution in [0, 0.1) is 0 Å². The second-order valence-electron chi connectivity index (χ2n) is 6.71. The number of aromatic nitrogens is 4. The molecule has 0 aliphatic carbocycles. The Hall–Kier alpha value is -4.26. The van der Waals surface area contributed by atoms with Crippen molar-refractivity contribution in [3.05, 3.63) is 52.1 Å². The molecule has 1 unspecified atom stereocenters. The smallest absolute Gasteiger partial charge is 0.326 e. The monoisotopic (exact) mass is 477 g/mol. The van der Waals surface area contributed by atoms with Crippen LogP contribution in [0.3, 0.4) is 0 Å². The minimum atomic E-state index is -1.31.